The van der Waals surface area contributed by atoms with Gasteiger partial charge in [-0.05, 0) is 36.8 Å². The molecule has 0 spiro atoms. The van der Waals surface area contributed by atoms with E-state index in [-0.39, 0.29) is 5.75 Å². The van der Waals surface area contributed by atoms with Gasteiger partial charge in [0, 0.05) is 5.56 Å². The Bertz CT molecular complexity index is 591. The van der Waals surface area contributed by atoms with Crippen LogP contribution in [0.4, 0.5) is 4.39 Å². The summed E-state index contributed by atoms with van der Waals surface area (Å²) in [5.41, 5.74) is 3.66. The Hall–Kier alpha value is -1.77. The number of phenols is 1. The lowest BCUT2D eigenvalue weighted by Gasteiger charge is -2.23. The molecule has 1 saturated heterocycles. The first-order valence-corrected chi connectivity index (χ1v) is 8.51. The lowest BCUT2D eigenvalue weighted by molar-refractivity contribution is -0.906. The van der Waals surface area contributed by atoms with E-state index >= 15 is 0 Å². The topological polar surface area (TPSA) is 70.3 Å². The number of hydrogen-bond donors (Lipinski definition) is 4. The molecule has 1 aliphatic heterocycles. The van der Waals surface area contributed by atoms with E-state index in [1.165, 1.54) is 23.1 Å². The van der Waals surface area contributed by atoms with Crippen LogP contribution >= 0.6 is 12.2 Å². The number of quaternary nitrogens is 1. The SMILES string of the molecule is CC/C(=N\NC(=S)NCC[NH+]1CCOCC1)c1cc(F)ccc1O. The summed E-state index contributed by atoms with van der Waals surface area (Å²) in [5.74, 6) is -0.424. The van der Waals surface area contributed by atoms with Crippen LogP contribution in [0.15, 0.2) is 23.3 Å². The molecule has 0 atom stereocenters. The second-order valence-corrected chi connectivity index (χ2v) is 5.96. The molecular weight excluding hydrogens is 331 g/mol. The van der Waals surface area contributed by atoms with Crippen molar-refractivity contribution in [2.45, 2.75) is 13.3 Å². The second kappa shape index (κ2) is 9.51. The van der Waals surface area contributed by atoms with Gasteiger partial charge in [0.25, 0.3) is 0 Å². The van der Waals surface area contributed by atoms with Crippen LogP contribution < -0.4 is 15.6 Å². The van der Waals surface area contributed by atoms with Crippen LogP contribution in [0.3, 0.4) is 0 Å². The first-order valence-electron chi connectivity index (χ1n) is 8.10. The fourth-order valence-corrected chi connectivity index (χ4v) is 2.64. The fraction of sp³-hybridized carbons (Fsp3) is 0.500. The minimum Gasteiger partial charge on any atom is -0.507 e. The number of ether oxygens (including phenoxy) is 1. The molecule has 2 rings (SSSR count). The average Bonchev–Trinajstić information content (AvgIpc) is 2.59. The molecular formula is C16H24FN4O2S+. The zero-order chi connectivity index (χ0) is 17.4. The maximum Gasteiger partial charge on any atom is 0.187 e. The van der Waals surface area contributed by atoms with Gasteiger partial charge in [-0.2, -0.15) is 5.10 Å². The first kappa shape index (κ1) is 18.6. The third-order valence-electron chi connectivity index (χ3n) is 3.86. The highest BCUT2D eigenvalue weighted by Gasteiger charge is 2.13. The quantitative estimate of drug-likeness (QED) is 0.329. The molecule has 132 valence electrons. The van der Waals surface area contributed by atoms with Gasteiger partial charge in [-0.1, -0.05) is 6.92 Å². The summed E-state index contributed by atoms with van der Waals surface area (Å²) in [7, 11) is 0. The van der Waals surface area contributed by atoms with Crippen LogP contribution in [0, 0.1) is 5.82 Å². The molecule has 0 amide bonds. The maximum absolute atomic E-state index is 13.4. The molecule has 24 heavy (non-hydrogen) atoms. The number of aromatic hydroxyl groups is 1. The summed E-state index contributed by atoms with van der Waals surface area (Å²) in [4.78, 5) is 1.49. The van der Waals surface area contributed by atoms with Gasteiger partial charge in [-0.3, -0.25) is 5.43 Å². The normalized spacial score (nSPS) is 16.0. The van der Waals surface area contributed by atoms with Gasteiger partial charge in [0.15, 0.2) is 5.11 Å². The molecule has 0 aromatic heterocycles. The van der Waals surface area contributed by atoms with Crippen molar-refractivity contribution in [2.75, 3.05) is 39.4 Å². The van der Waals surface area contributed by atoms with E-state index in [0.29, 0.717) is 22.8 Å². The van der Waals surface area contributed by atoms with Crippen molar-refractivity contribution in [3.05, 3.63) is 29.6 Å². The highest BCUT2D eigenvalue weighted by atomic mass is 32.1. The number of halogens is 1. The summed E-state index contributed by atoms with van der Waals surface area (Å²) in [6.45, 7) is 7.21. The molecule has 1 aromatic rings. The molecule has 0 aliphatic carbocycles. The Kier molecular flexibility index (Phi) is 7.36. The number of nitrogens with one attached hydrogen (secondary N) is 3. The maximum atomic E-state index is 13.4. The van der Waals surface area contributed by atoms with Crippen LogP contribution in [0.2, 0.25) is 0 Å². The van der Waals surface area contributed by atoms with Crippen LogP contribution in [-0.2, 0) is 4.74 Å². The van der Waals surface area contributed by atoms with Gasteiger partial charge in [0.05, 0.1) is 32.0 Å². The molecule has 1 aromatic carbocycles. The molecule has 8 heteroatoms. The lowest BCUT2D eigenvalue weighted by atomic mass is 10.1. The summed E-state index contributed by atoms with van der Waals surface area (Å²) in [6.07, 6.45) is 0.532. The smallest absolute Gasteiger partial charge is 0.187 e. The highest BCUT2D eigenvalue weighted by molar-refractivity contribution is 7.80. The van der Waals surface area contributed by atoms with E-state index in [1.807, 2.05) is 6.92 Å². The monoisotopic (exact) mass is 355 g/mol. The van der Waals surface area contributed by atoms with Crippen molar-refractivity contribution in [2.24, 2.45) is 5.10 Å². The average molecular weight is 355 g/mol. The lowest BCUT2D eigenvalue weighted by Crippen LogP contribution is -3.14. The van der Waals surface area contributed by atoms with E-state index in [0.717, 1.165) is 39.4 Å². The number of hydrogen-bond acceptors (Lipinski definition) is 4. The summed E-state index contributed by atoms with van der Waals surface area (Å²) < 4.78 is 18.7. The van der Waals surface area contributed by atoms with Gasteiger partial charge in [-0.25, -0.2) is 4.39 Å². The summed E-state index contributed by atoms with van der Waals surface area (Å²) >= 11 is 5.20. The van der Waals surface area contributed by atoms with Gasteiger partial charge >= 0.3 is 0 Å². The van der Waals surface area contributed by atoms with Crippen molar-refractivity contribution < 1.29 is 19.1 Å². The van der Waals surface area contributed by atoms with Gasteiger partial charge < -0.3 is 20.1 Å². The third-order valence-corrected chi connectivity index (χ3v) is 4.10. The zero-order valence-electron chi connectivity index (χ0n) is 13.8. The number of rotatable bonds is 6. The summed E-state index contributed by atoms with van der Waals surface area (Å²) in [5, 5.41) is 17.5. The van der Waals surface area contributed by atoms with Gasteiger partial charge in [0.2, 0.25) is 0 Å². The van der Waals surface area contributed by atoms with E-state index in [2.05, 4.69) is 15.8 Å². The third kappa shape index (κ3) is 5.70. The minimum absolute atomic E-state index is 0.00593. The van der Waals surface area contributed by atoms with Crippen molar-refractivity contribution in [3.8, 4) is 5.75 Å². The Morgan fingerprint density at radius 2 is 2.17 bits per heavy atom. The van der Waals surface area contributed by atoms with E-state index < -0.39 is 5.82 Å². The highest BCUT2D eigenvalue weighted by Crippen LogP contribution is 2.19. The van der Waals surface area contributed by atoms with Crippen molar-refractivity contribution in [1.29, 1.82) is 0 Å². The standard InChI is InChI=1S/C16H23FN4O2S/c1-2-14(13-11-12(17)3-4-15(13)22)19-20-16(24)18-5-6-21-7-9-23-10-8-21/h3-4,11,22H,2,5-10H2,1H3,(H2,18,20,24)/p+1/b19-14+. The van der Waals surface area contributed by atoms with Crippen molar-refractivity contribution in [3.63, 3.8) is 0 Å². The predicted octanol–water partition coefficient (Wildman–Crippen LogP) is 0.0246. The number of nitrogens with zero attached hydrogens (tertiary/aromatic N) is 1. The predicted molar refractivity (Wildman–Crippen MR) is 95.0 cm³/mol. The van der Waals surface area contributed by atoms with Crippen LogP contribution in [0.1, 0.15) is 18.9 Å². The van der Waals surface area contributed by atoms with Crippen LogP contribution in [0.5, 0.6) is 5.75 Å². The zero-order valence-corrected chi connectivity index (χ0v) is 14.6. The Morgan fingerprint density at radius 1 is 1.42 bits per heavy atom. The Morgan fingerprint density at radius 3 is 2.88 bits per heavy atom. The van der Waals surface area contributed by atoms with E-state index in [1.54, 1.807) is 0 Å². The molecule has 1 aliphatic rings. The number of hydrazone groups is 1. The molecule has 0 unspecified atom stereocenters. The number of thiocarbonyl (C=S) groups is 1. The molecule has 1 fully saturated rings. The van der Waals surface area contributed by atoms with E-state index in [9.17, 15) is 9.50 Å². The molecule has 6 nitrogen and oxygen atoms in total. The first-order chi connectivity index (χ1) is 11.6. The Labute approximate surface area is 146 Å². The van der Waals surface area contributed by atoms with Crippen molar-refractivity contribution >= 4 is 23.0 Å². The second-order valence-electron chi connectivity index (χ2n) is 5.55. The Balaban J connectivity index is 1.83. The molecule has 4 N–H and O–H groups in total. The molecule has 0 bridgehead atoms. The van der Waals surface area contributed by atoms with Gasteiger partial charge in [-0.15, -0.1) is 0 Å². The van der Waals surface area contributed by atoms with E-state index in [4.69, 9.17) is 17.0 Å². The number of morpholine rings is 1. The summed E-state index contributed by atoms with van der Waals surface area (Å²) in [6, 6.07) is 3.79. The van der Waals surface area contributed by atoms with Crippen molar-refractivity contribution in [1.82, 2.24) is 10.7 Å². The number of benzene rings is 1. The number of phenolic OH excluding ortho intramolecular Hbond substituents is 1. The largest absolute Gasteiger partial charge is 0.507 e. The molecule has 1 heterocycles. The fourth-order valence-electron chi connectivity index (χ4n) is 2.49. The minimum atomic E-state index is -0.418. The van der Waals surface area contributed by atoms with Crippen LogP contribution in [0.25, 0.3) is 0 Å². The molecule has 0 saturated carbocycles. The molecule has 0 radical (unpaired) electrons. The van der Waals surface area contributed by atoms with Crippen LogP contribution in [-0.4, -0.2) is 55.3 Å². The van der Waals surface area contributed by atoms with Gasteiger partial charge in [0.1, 0.15) is 24.7 Å².